The second-order valence-electron chi connectivity index (χ2n) is 7.47. The summed E-state index contributed by atoms with van der Waals surface area (Å²) in [5.41, 5.74) is 1.12. The van der Waals surface area contributed by atoms with Crippen molar-refractivity contribution in [3.05, 3.63) is 48.0 Å². The zero-order valence-electron chi connectivity index (χ0n) is 15.9. The van der Waals surface area contributed by atoms with Crippen molar-refractivity contribution in [3.63, 3.8) is 0 Å². The first kappa shape index (κ1) is 22.3. The third kappa shape index (κ3) is 3.54. The van der Waals surface area contributed by atoms with Gasteiger partial charge in [-0.2, -0.15) is 0 Å². The Kier molecular flexibility index (Phi) is 6.21. The minimum Gasteiger partial charge on any atom is -0.460 e. The molecule has 1 unspecified atom stereocenters. The zero-order valence-corrected chi connectivity index (χ0v) is 19.1. The van der Waals surface area contributed by atoms with Gasteiger partial charge in [0, 0.05) is 16.2 Å². The van der Waals surface area contributed by atoms with E-state index >= 15 is 0 Å². The summed E-state index contributed by atoms with van der Waals surface area (Å²) in [6.07, 6.45) is -0.154. The van der Waals surface area contributed by atoms with Crippen molar-refractivity contribution in [1.29, 1.82) is 0 Å². The fraction of sp³-hybridized carbons (Fsp3) is 0.450. The van der Waals surface area contributed by atoms with Crippen LogP contribution in [0.25, 0.3) is 0 Å². The van der Waals surface area contributed by atoms with Gasteiger partial charge in [-0.1, -0.05) is 52.9 Å². The molecule has 4 atom stereocenters. The third-order valence-corrected chi connectivity index (χ3v) is 8.60. The fourth-order valence-corrected chi connectivity index (χ4v) is 6.34. The van der Waals surface area contributed by atoms with Crippen LogP contribution in [0.15, 0.2) is 36.9 Å². The fourth-order valence-electron chi connectivity index (χ4n) is 3.60. The summed E-state index contributed by atoms with van der Waals surface area (Å²) in [5, 5.41) is 10.2. The third-order valence-electron chi connectivity index (χ3n) is 5.13. The van der Waals surface area contributed by atoms with E-state index in [2.05, 4.69) is 22.5 Å². The minimum atomic E-state index is -1.61. The molecular weight excluding hydrogens is 482 g/mol. The van der Waals surface area contributed by atoms with E-state index in [1.807, 2.05) is 13.8 Å². The Labute approximate surface area is 186 Å². The van der Waals surface area contributed by atoms with E-state index in [9.17, 15) is 19.5 Å². The number of thioether (sulfide) groups is 1. The molecule has 0 bridgehead atoms. The maximum atomic E-state index is 13.0. The number of esters is 1. The minimum absolute atomic E-state index is 0.0433. The maximum absolute atomic E-state index is 13.0. The molecule has 0 aromatic heterocycles. The summed E-state index contributed by atoms with van der Waals surface area (Å²) in [7, 11) is 0. The average molecular weight is 503 g/mol. The molecule has 1 aromatic carbocycles. The summed E-state index contributed by atoms with van der Waals surface area (Å²) in [6.45, 7) is 7.22. The number of ketones is 1. The van der Waals surface area contributed by atoms with Crippen LogP contribution in [0.3, 0.4) is 0 Å². The van der Waals surface area contributed by atoms with Crippen LogP contribution in [0.2, 0.25) is 0 Å². The predicted molar refractivity (Wildman–Crippen MR) is 115 cm³/mol. The number of aliphatic hydroxyl groups is 1. The lowest BCUT2D eigenvalue weighted by molar-refractivity contribution is -0.166. The number of hydrogen-bond acceptors (Lipinski definition) is 6. The molecule has 1 N–H and O–H groups in total. The Morgan fingerprint density at radius 3 is 2.59 bits per heavy atom. The molecule has 1 aromatic rings. The number of nitrogens with zero attached hydrogens (tertiary/aromatic N) is 1. The van der Waals surface area contributed by atoms with Gasteiger partial charge in [-0.25, -0.2) is 4.79 Å². The Morgan fingerprint density at radius 1 is 1.41 bits per heavy atom. The molecule has 1 amide bonds. The van der Waals surface area contributed by atoms with Crippen LogP contribution in [0.1, 0.15) is 29.8 Å². The normalized spacial score (nSPS) is 28.3. The molecule has 29 heavy (non-hydrogen) atoms. The molecule has 0 radical (unpaired) electrons. The number of alkyl halides is 2. The largest absolute Gasteiger partial charge is 0.460 e. The first-order valence-electron chi connectivity index (χ1n) is 8.93. The second kappa shape index (κ2) is 8.06. The van der Waals surface area contributed by atoms with Crippen LogP contribution in [0.5, 0.6) is 0 Å². The summed E-state index contributed by atoms with van der Waals surface area (Å²) in [6, 6.07) is 5.72. The van der Waals surface area contributed by atoms with Crippen molar-refractivity contribution in [2.24, 2.45) is 0 Å². The van der Waals surface area contributed by atoms with E-state index in [0.29, 0.717) is 5.88 Å². The van der Waals surface area contributed by atoms with E-state index < -0.39 is 44.3 Å². The van der Waals surface area contributed by atoms with Crippen LogP contribution in [-0.2, 0) is 20.2 Å². The highest BCUT2D eigenvalue weighted by molar-refractivity contribution is 9.10. The van der Waals surface area contributed by atoms with Gasteiger partial charge < -0.3 is 14.7 Å². The number of benzene rings is 1. The van der Waals surface area contributed by atoms with Gasteiger partial charge >= 0.3 is 5.97 Å². The number of rotatable bonds is 7. The summed E-state index contributed by atoms with van der Waals surface area (Å²) >= 11 is 10.5. The molecule has 3 rings (SSSR count). The van der Waals surface area contributed by atoms with Crippen LogP contribution in [0.4, 0.5) is 0 Å². The molecule has 6 nitrogen and oxygen atoms in total. The van der Waals surface area contributed by atoms with Crippen molar-refractivity contribution in [1.82, 2.24) is 4.90 Å². The average Bonchev–Trinajstić information content (AvgIpc) is 2.99. The standard InChI is InChI=1S/C20H21BrClNO5S/c1-4-9-28-16(26)14-19(2,3)29-18-20(21,17(27)23(14)18)15(25)13(24)12-7-5-11(10-22)6-8-12/h4-8,14-15,18,25H,1,9-10H2,2-3H3/t14-,15?,18+,20-/m0/s1. The van der Waals surface area contributed by atoms with Gasteiger partial charge in [-0.05, 0) is 19.4 Å². The van der Waals surface area contributed by atoms with Gasteiger partial charge in [0.15, 0.2) is 10.1 Å². The van der Waals surface area contributed by atoms with Gasteiger partial charge in [-0.3, -0.25) is 9.59 Å². The number of halogens is 2. The highest BCUT2D eigenvalue weighted by atomic mass is 79.9. The smallest absolute Gasteiger partial charge is 0.330 e. The van der Waals surface area contributed by atoms with E-state index in [1.165, 1.54) is 22.7 Å². The Balaban J connectivity index is 1.84. The Morgan fingerprint density at radius 2 is 2.03 bits per heavy atom. The van der Waals surface area contributed by atoms with E-state index in [0.717, 1.165) is 5.56 Å². The van der Waals surface area contributed by atoms with Crippen molar-refractivity contribution in [3.8, 4) is 0 Å². The summed E-state index contributed by atoms with van der Waals surface area (Å²) in [4.78, 5) is 39.8. The van der Waals surface area contributed by atoms with Crippen LogP contribution >= 0.6 is 39.3 Å². The van der Waals surface area contributed by atoms with Gasteiger partial charge in [0.1, 0.15) is 24.1 Å². The Bertz CT molecular complexity index is 861. The number of carbonyl (C=O) groups is 3. The summed E-state index contributed by atoms with van der Waals surface area (Å²) < 4.78 is 3.00. The zero-order chi connectivity index (χ0) is 21.6. The number of aliphatic hydroxyl groups excluding tert-OH is 1. The molecule has 0 spiro atoms. The molecule has 0 saturated carbocycles. The number of amides is 1. The van der Waals surface area contributed by atoms with Crippen molar-refractivity contribution >= 4 is 57.0 Å². The lowest BCUT2D eigenvalue weighted by atomic mass is 9.84. The first-order chi connectivity index (χ1) is 13.6. The highest BCUT2D eigenvalue weighted by Gasteiger charge is 2.74. The van der Waals surface area contributed by atoms with E-state index in [1.54, 1.807) is 24.3 Å². The van der Waals surface area contributed by atoms with Crippen LogP contribution in [0, 0.1) is 0 Å². The number of β-lactam (4-membered cyclic amide) rings is 1. The van der Waals surface area contributed by atoms with Crippen molar-refractivity contribution < 1.29 is 24.2 Å². The highest BCUT2D eigenvalue weighted by Crippen LogP contribution is 2.59. The van der Waals surface area contributed by atoms with Gasteiger partial charge in [0.05, 0.1) is 0 Å². The van der Waals surface area contributed by atoms with Gasteiger partial charge in [0.2, 0.25) is 5.91 Å². The SMILES string of the molecule is C=CCOC(=O)[C@@H]1N2C(=O)[C@@](Br)(C(O)C(=O)c3ccc(CCl)cc3)[C@H]2SC1(C)C. The second-order valence-corrected chi connectivity index (χ2v) is 10.8. The monoisotopic (exact) mass is 501 g/mol. The number of ether oxygens (including phenoxy) is 1. The molecule has 2 heterocycles. The lowest BCUT2D eigenvalue weighted by Gasteiger charge is -2.51. The van der Waals surface area contributed by atoms with Crippen molar-refractivity contribution in [2.45, 2.75) is 46.3 Å². The van der Waals surface area contributed by atoms with Crippen LogP contribution in [-0.4, -0.2) is 60.9 Å². The molecule has 2 fully saturated rings. The van der Waals surface area contributed by atoms with E-state index in [4.69, 9.17) is 16.3 Å². The summed E-state index contributed by atoms with van der Waals surface area (Å²) in [5.74, 6) is -1.32. The molecule has 156 valence electrons. The van der Waals surface area contributed by atoms with E-state index in [-0.39, 0.29) is 12.2 Å². The predicted octanol–water partition coefficient (Wildman–Crippen LogP) is 2.89. The number of Topliss-reactive ketones (excluding diaryl/α,β-unsaturated/α-hetero) is 1. The Hall–Kier alpha value is -1.35. The lowest BCUT2D eigenvalue weighted by Crippen LogP contribution is -2.75. The van der Waals surface area contributed by atoms with Gasteiger partial charge in [0.25, 0.3) is 0 Å². The first-order valence-corrected chi connectivity index (χ1v) is 11.1. The molecule has 2 saturated heterocycles. The molecule has 2 aliphatic heterocycles. The molecule has 0 aliphatic carbocycles. The molecular formula is C20H21BrClNO5S. The van der Waals surface area contributed by atoms with Crippen molar-refractivity contribution in [2.75, 3.05) is 6.61 Å². The molecule has 2 aliphatic rings. The number of fused-ring (bicyclic) bond motifs is 1. The quantitative estimate of drug-likeness (QED) is 0.203. The number of carbonyl (C=O) groups excluding carboxylic acids is 3. The van der Waals surface area contributed by atoms with Crippen LogP contribution < -0.4 is 0 Å². The number of hydrogen-bond donors (Lipinski definition) is 1. The topological polar surface area (TPSA) is 83.9 Å². The van der Waals surface area contributed by atoms with Gasteiger partial charge in [-0.15, -0.1) is 23.4 Å². The maximum Gasteiger partial charge on any atom is 0.330 e. The molecule has 9 heteroatoms.